The van der Waals surface area contributed by atoms with Crippen molar-refractivity contribution in [3.05, 3.63) is 47.1 Å². The SMILES string of the molecule is Nc1nnc(Cl)cc1NC1CCN(C(=O)OCc2ccccc2)CC1C(=O)O. The predicted molar refractivity (Wildman–Crippen MR) is 103 cm³/mol. The number of nitrogen functional groups attached to an aromatic ring is 1. The predicted octanol–water partition coefficient (Wildman–Crippen LogP) is 2.24. The molecule has 4 N–H and O–H groups in total. The summed E-state index contributed by atoms with van der Waals surface area (Å²) in [6.45, 7) is 0.501. The van der Waals surface area contributed by atoms with Crippen molar-refractivity contribution in [2.75, 3.05) is 24.1 Å². The molecule has 0 saturated carbocycles. The van der Waals surface area contributed by atoms with Gasteiger partial charge in [0.1, 0.15) is 6.61 Å². The fraction of sp³-hybridized carbons (Fsp3) is 0.333. The standard InChI is InChI=1S/C18H20ClN5O4/c19-15-8-14(16(20)23-22-15)21-13-6-7-24(9-12(13)17(25)26)18(27)28-10-11-4-2-1-3-5-11/h1-5,8,12-13H,6-7,9-10H2,(H2,20,23)(H,21,22)(H,25,26). The number of hydrogen-bond donors (Lipinski definition) is 3. The lowest BCUT2D eigenvalue weighted by molar-refractivity contribution is -0.143. The lowest BCUT2D eigenvalue weighted by Crippen LogP contribution is -2.51. The van der Waals surface area contributed by atoms with Crippen LogP contribution in [-0.2, 0) is 16.1 Å². The minimum atomic E-state index is -1.02. The molecule has 1 saturated heterocycles. The van der Waals surface area contributed by atoms with E-state index in [0.29, 0.717) is 18.7 Å². The van der Waals surface area contributed by atoms with Gasteiger partial charge in [-0.3, -0.25) is 4.79 Å². The van der Waals surface area contributed by atoms with E-state index in [1.165, 1.54) is 11.0 Å². The molecule has 28 heavy (non-hydrogen) atoms. The van der Waals surface area contributed by atoms with Crippen molar-refractivity contribution >= 4 is 35.2 Å². The number of carbonyl (C=O) groups excluding carboxylic acids is 1. The summed E-state index contributed by atoms with van der Waals surface area (Å²) in [6.07, 6.45) is -0.141. The number of aromatic nitrogens is 2. The van der Waals surface area contributed by atoms with E-state index in [1.54, 1.807) is 0 Å². The van der Waals surface area contributed by atoms with Crippen molar-refractivity contribution in [3.63, 3.8) is 0 Å². The van der Waals surface area contributed by atoms with E-state index in [2.05, 4.69) is 15.5 Å². The zero-order valence-corrected chi connectivity index (χ0v) is 15.7. The first-order chi connectivity index (χ1) is 13.4. The molecule has 1 aromatic carbocycles. The molecule has 0 bridgehead atoms. The number of anilines is 2. The van der Waals surface area contributed by atoms with E-state index in [1.807, 2.05) is 30.3 Å². The van der Waals surface area contributed by atoms with E-state index < -0.39 is 24.0 Å². The number of amides is 1. The van der Waals surface area contributed by atoms with Crippen molar-refractivity contribution in [2.24, 2.45) is 5.92 Å². The van der Waals surface area contributed by atoms with Gasteiger partial charge in [-0.05, 0) is 12.0 Å². The number of nitrogens with two attached hydrogens (primary N) is 1. The minimum absolute atomic E-state index is 0.0206. The van der Waals surface area contributed by atoms with Crippen LogP contribution in [-0.4, -0.2) is 51.4 Å². The summed E-state index contributed by atoms with van der Waals surface area (Å²) in [4.78, 5) is 25.5. The number of nitrogens with one attached hydrogen (secondary N) is 1. The molecule has 1 amide bonds. The first-order valence-electron chi connectivity index (χ1n) is 8.67. The smallest absolute Gasteiger partial charge is 0.410 e. The number of nitrogens with zero attached hydrogens (tertiary/aromatic N) is 3. The Hall–Kier alpha value is -3.07. The normalized spacial score (nSPS) is 19.1. The van der Waals surface area contributed by atoms with Crippen LogP contribution in [0.2, 0.25) is 5.15 Å². The van der Waals surface area contributed by atoms with Gasteiger partial charge in [-0.15, -0.1) is 10.2 Å². The van der Waals surface area contributed by atoms with Crippen LogP contribution >= 0.6 is 11.6 Å². The van der Waals surface area contributed by atoms with Crippen molar-refractivity contribution in [1.29, 1.82) is 0 Å². The molecule has 0 aliphatic carbocycles. The van der Waals surface area contributed by atoms with Crippen LogP contribution in [0, 0.1) is 5.92 Å². The van der Waals surface area contributed by atoms with Gasteiger partial charge in [0.25, 0.3) is 0 Å². The number of carbonyl (C=O) groups is 2. The lowest BCUT2D eigenvalue weighted by atomic mass is 9.92. The highest BCUT2D eigenvalue weighted by molar-refractivity contribution is 6.29. The maximum absolute atomic E-state index is 12.3. The first-order valence-corrected chi connectivity index (χ1v) is 9.05. The highest BCUT2D eigenvalue weighted by Gasteiger charge is 2.37. The molecular weight excluding hydrogens is 386 g/mol. The summed E-state index contributed by atoms with van der Waals surface area (Å²) < 4.78 is 5.30. The zero-order chi connectivity index (χ0) is 20.1. The molecule has 3 rings (SSSR count). The van der Waals surface area contributed by atoms with Crippen LogP contribution in [0.5, 0.6) is 0 Å². The molecule has 1 aromatic heterocycles. The summed E-state index contributed by atoms with van der Waals surface area (Å²) in [6, 6.07) is 10.3. The molecule has 0 radical (unpaired) electrons. The molecule has 1 fully saturated rings. The Morgan fingerprint density at radius 2 is 2.07 bits per heavy atom. The van der Waals surface area contributed by atoms with E-state index in [9.17, 15) is 14.7 Å². The molecule has 10 heteroatoms. The molecule has 2 unspecified atom stereocenters. The molecular formula is C18H20ClN5O4. The van der Waals surface area contributed by atoms with Crippen LogP contribution < -0.4 is 11.1 Å². The number of piperidine rings is 1. The summed E-state index contributed by atoms with van der Waals surface area (Å²) in [5.41, 5.74) is 7.05. The zero-order valence-electron chi connectivity index (χ0n) is 14.9. The number of halogens is 1. The number of rotatable bonds is 5. The van der Waals surface area contributed by atoms with Gasteiger partial charge in [0.05, 0.1) is 11.6 Å². The van der Waals surface area contributed by atoms with Gasteiger partial charge < -0.3 is 25.8 Å². The summed E-state index contributed by atoms with van der Waals surface area (Å²) in [7, 11) is 0. The van der Waals surface area contributed by atoms with Crippen molar-refractivity contribution < 1.29 is 19.4 Å². The Kier molecular flexibility index (Phi) is 6.15. The minimum Gasteiger partial charge on any atom is -0.481 e. The van der Waals surface area contributed by atoms with E-state index in [0.717, 1.165) is 5.56 Å². The Balaban J connectivity index is 1.62. The van der Waals surface area contributed by atoms with Gasteiger partial charge in [-0.2, -0.15) is 0 Å². The number of carboxylic acids is 1. The third-order valence-corrected chi connectivity index (χ3v) is 4.71. The number of ether oxygens (including phenoxy) is 1. The lowest BCUT2D eigenvalue weighted by Gasteiger charge is -2.36. The van der Waals surface area contributed by atoms with E-state index in [4.69, 9.17) is 22.1 Å². The fourth-order valence-electron chi connectivity index (χ4n) is 3.04. The molecule has 9 nitrogen and oxygen atoms in total. The number of likely N-dealkylation sites (tertiary alicyclic amines) is 1. The summed E-state index contributed by atoms with van der Waals surface area (Å²) in [5, 5.41) is 20.2. The van der Waals surface area contributed by atoms with Crippen LogP contribution in [0.4, 0.5) is 16.3 Å². The van der Waals surface area contributed by atoms with E-state index in [-0.39, 0.29) is 24.1 Å². The van der Waals surface area contributed by atoms with Gasteiger partial charge >= 0.3 is 12.1 Å². The Bertz CT molecular complexity index is 851. The quantitative estimate of drug-likeness (QED) is 0.690. The number of hydrogen-bond acceptors (Lipinski definition) is 7. The van der Waals surface area contributed by atoms with Crippen molar-refractivity contribution in [2.45, 2.75) is 19.1 Å². The largest absolute Gasteiger partial charge is 0.481 e. The maximum Gasteiger partial charge on any atom is 0.410 e. The fourth-order valence-corrected chi connectivity index (χ4v) is 3.19. The summed E-state index contributed by atoms with van der Waals surface area (Å²) in [5.74, 6) is -1.74. The second-order valence-electron chi connectivity index (χ2n) is 6.44. The summed E-state index contributed by atoms with van der Waals surface area (Å²) >= 11 is 5.83. The average Bonchev–Trinajstić information content (AvgIpc) is 2.69. The molecule has 1 aliphatic heterocycles. The van der Waals surface area contributed by atoms with Crippen LogP contribution in [0.25, 0.3) is 0 Å². The molecule has 2 heterocycles. The highest BCUT2D eigenvalue weighted by atomic mass is 35.5. The Labute approximate surface area is 166 Å². The maximum atomic E-state index is 12.3. The van der Waals surface area contributed by atoms with Gasteiger partial charge in [-0.1, -0.05) is 41.9 Å². The molecule has 0 spiro atoms. The molecule has 2 aromatic rings. The highest BCUT2D eigenvalue weighted by Crippen LogP contribution is 2.26. The second-order valence-corrected chi connectivity index (χ2v) is 6.82. The number of benzene rings is 1. The topological polar surface area (TPSA) is 131 Å². The van der Waals surface area contributed by atoms with Crippen LogP contribution in [0.3, 0.4) is 0 Å². The number of carboxylic acid groups (broad SMARTS) is 1. The van der Waals surface area contributed by atoms with Crippen molar-refractivity contribution in [1.82, 2.24) is 15.1 Å². The third-order valence-electron chi connectivity index (χ3n) is 4.53. The first kappa shape index (κ1) is 19.7. The third kappa shape index (κ3) is 4.80. The number of aliphatic carboxylic acids is 1. The second kappa shape index (κ2) is 8.75. The van der Waals surface area contributed by atoms with Gasteiger partial charge in [0, 0.05) is 25.2 Å². The van der Waals surface area contributed by atoms with Gasteiger partial charge in [-0.25, -0.2) is 4.79 Å². The monoisotopic (exact) mass is 405 g/mol. The average molecular weight is 406 g/mol. The Morgan fingerprint density at radius 3 is 2.79 bits per heavy atom. The molecule has 148 valence electrons. The molecule has 2 atom stereocenters. The van der Waals surface area contributed by atoms with Gasteiger partial charge in [0.15, 0.2) is 11.0 Å². The van der Waals surface area contributed by atoms with Crippen molar-refractivity contribution in [3.8, 4) is 0 Å². The van der Waals surface area contributed by atoms with Gasteiger partial charge in [0.2, 0.25) is 0 Å². The Morgan fingerprint density at radius 1 is 1.32 bits per heavy atom. The van der Waals surface area contributed by atoms with Crippen LogP contribution in [0.1, 0.15) is 12.0 Å². The van der Waals surface area contributed by atoms with E-state index >= 15 is 0 Å². The van der Waals surface area contributed by atoms with Crippen LogP contribution in [0.15, 0.2) is 36.4 Å². The molecule has 1 aliphatic rings.